The molecule has 1 aliphatic heterocycles. The molecule has 1 unspecified atom stereocenters. The minimum Gasteiger partial charge on any atom is -0.319 e. The topological polar surface area (TPSA) is 32.3 Å². The molecule has 1 N–H and O–H groups in total. The van der Waals surface area contributed by atoms with Gasteiger partial charge in [0, 0.05) is 25.7 Å². The molecule has 0 aliphatic carbocycles. The van der Waals surface area contributed by atoms with Gasteiger partial charge in [-0.15, -0.1) is 0 Å². The molecule has 0 saturated carbocycles. The Bertz CT molecular complexity index is 389. The number of nitrogens with one attached hydrogen (secondary N) is 1. The monoisotopic (exact) mass is 218 g/mol. The zero-order valence-corrected chi connectivity index (χ0v) is 9.86. The molecule has 1 atom stereocenters. The Kier molecular flexibility index (Phi) is 3.25. The molecule has 0 bridgehead atoms. The van der Waals surface area contributed by atoms with Crippen LogP contribution in [0.15, 0.2) is 24.3 Å². The van der Waals surface area contributed by atoms with Crippen molar-refractivity contribution < 1.29 is 4.79 Å². The van der Waals surface area contributed by atoms with Crippen molar-refractivity contribution in [1.82, 2.24) is 5.32 Å². The summed E-state index contributed by atoms with van der Waals surface area (Å²) in [5.74, 6) is 0.654. The minimum absolute atomic E-state index is 0.214. The van der Waals surface area contributed by atoms with Crippen molar-refractivity contribution >= 4 is 11.6 Å². The molecule has 1 aromatic rings. The average Bonchev–Trinajstić information content (AvgIpc) is 2.43. The lowest BCUT2D eigenvalue weighted by atomic mass is 9.94. The minimum atomic E-state index is 0.214. The van der Waals surface area contributed by atoms with Crippen molar-refractivity contribution in [2.75, 3.05) is 25.5 Å². The first-order valence-corrected chi connectivity index (χ1v) is 5.74. The molecule has 0 saturated heterocycles. The van der Waals surface area contributed by atoms with Gasteiger partial charge in [-0.2, -0.15) is 0 Å². The van der Waals surface area contributed by atoms with Gasteiger partial charge in [0.05, 0.1) is 0 Å². The molecule has 0 radical (unpaired) electrons. The summed E-state index contributed by atoms with van der Waals surface area (Å²) in [5.41, 5.74) is 2.34. The van der Waals surface area contributed by atoms with Crippen LogP contribution in [0.1, 0.15) is 24.3 Å². The molecule has 3 nitrogen and oxygen atoms in total. The van der Waals surface area contributed by atoms with Crippen LogP contribution in [-0.2, 0) is 4.79 Å². The predicted octanol–water partition coefficient (Wildman–Crippen LogP) is 1.75. The average molecular weight is 218 g/mol. The number of hydrogen-bond acceptors (Lipinski definition) is 2. The predicted molar refractivity (Wildman–Crippen MR) is 65.8 cm³/mol. The van der Waals surface area contributed by atoms with Crippen LogP contribution in [0.5, 0.6) is 0 Å². The Morgan fingerprint density at radius 3 is 2.94 bits per heavy atom. The number of carbonyl (C=O) groups excluding carboxylic acids is 1. The molecule has 0 spiro atoms. The largest absolute Gasteiger partial charge is 0.319 e. The number of rotatable bonds is 2. The molecule has 3 heteroatoms. The molecule has 1 amide bonds. The van der Waals surface area contributed by atoms with Crippen molar-refractivity contribution in [2.45, 2.75) is 18.8 Å². The van der Waals surface area contributed by atoms with E-state index in [9.17, 15) is 4.79 Å². The first-order valence-electron chi connectivity index (χ1n) is 5.74. The summed E-state index contributed by atoms with van der Waals surface area (Å²) in [5, 5.41) is 3.21. The number of carbonyl (C=O) groups is 1. The summed E-state index contributed by atoms with van der Waals surface area (Å²) in [4.78, 5) is 13.6. The lowest BCUT2D eigenvalue weighted by Gasteiger charge is -2.20. The van der Waals surface area contributed by atoms with Crippen LogP contribution in [0, 0.1) is 0 Å². The van der Waals surface area contributed by atoms with Crippen molar-refractivity contribution in [1.29, 1.82) is 0 Å². The standard InChI is InChI=1S/C13H18N2O/c1-14-9-10-7-8-13(16)15(2)12-6-4-3-5-11(10)12/h3-6,10,14H,7-9H2,1-2H3. The number of anilines is 1. The zero-order chi connectivity index (χ0) is 11.5. The van der Waals surface area contributed by atoms with Crippen molar-refractivity contribution in [3.8, 4) is 0 Å². The molecule has 1 aromatic carbocycles. The van der Waals surface area contributed by atoms with E-state index in [0.29, 0.717) is 12.3 Å². The number of fused-ring (bicyclic) bond motifs is 1. The van der Waals surface area contributed by atoms with E-state index in [4.69, 9.17) is 0 Å². The number of para-hydroxylation sites is 1. The summed E-state index contributed by atoms with van der Waals surface area (Å²) >= 11 is 0. The van der Waals surface area contributed by atoms with E-state index in [2.05, 4.69) is 11.4 Å². The zero-order valence-electron chi connectivity index (χ0n) is 9.86. The molecule has 0 aromatic heterocycles. The van der Waals surface area contributed by atoms with Crippen LogP contribution in [0.25, 0.3) is 0 Å². The van der Waals surface area contributed by atoms with Crippen molar-refractivity contribution in [2.24, 2.45) is 0 Å². The third-order valence-electron chi connectivity index (χ3n) is 3.27. The van der Waals surface area contributed by atoms with Gasteiger partial charge >= 0.3 is 0 Å². The molecular formula is C13H18N2O. The Morgan fingerprint density at radius 2 is 2.19 bits per heavy atom. The highest BCUT2D eigenvalue weighted by Crippen LogP contribution is 2.33. The van der Waals surface area contributed by atoms with Gasteiger partial charge in [-0.05, 0) is 31.0 Å². The maximum absolute atomic E-state index is 11.8. The summed E-state index contributed by atoms with van der Waals surface area (Å²) in [6.45, 7) is 0.929. The van der Waals surface area contributed by atoms with Gasteiger partial charge in [0.1, 0.15) is 0 Å². The second-order valence-corrected chi connectivity index (χ2v) is 4.30. The van der Waals surface area contributed by atoms with Crippen LogP contribution in [0.2, 0.25) is 0 Å². The van der Waals surface area contributed by atoms with E-state index in [1.54, 1.807) is 4.90 Å². The lowest BCUT2D eigenvalue weighted by Crippen LogP contribution is -2.24. The fourth-order valence-electron chi connectivity index (χ4n) is 2.35. The van der Waals surface area contributed by atoms with Crippen LogP contribution in [0.3, 0.4) is 0 Å². The SMILES string of the molecule is CNCC1CCC(=O)N(C)c2ccccc21. The van der Waals surface area contributed by atoms with E-state index >= 15 is 0 Å². The van der Waals surface area contributed by atoms with Gasteiger partial charge in [-0.25, -0.2) is 0 Å². The van der Waals surface area contributed by atoms with E-state index in [0.717, 1.165) is 18.7 Å². The number of nitrogens with zero attached hydrogens (tertiary/aromatic N) is 1. The molecular weight excluding hydrogens is 200 g/mol. The van der Waals surface area contributed by atoms with Gasteiger partial charge in [-0.1, -0.05) is 18.2 Å². The fourth-order valence-corrected chi connectivity index (χ4v) is 2.35. The first kappa shape index (κ1) is 11.1. The Hall–Kier alpha value is -1.35. The summed E-state index contributed by atoms with van der Waals surface area (Å²) in [6.07, 6.45) is 1.57. The van der Waals surface area contributed by atoms with E-state index in [-0.39, 0.29) is 5.91 Å². The smallest absolute Gasteiger partial charge is 0.226 e. The van der Waals surface area contributed by atoms with Crippen molar-refractivity contribution in [3.63, 3.8) is 0 Å². The molecule has 1 aliphatic rings. The highest BCUT2D eigenvalue weighted by Gasteiger charge is 2.24. The molecule has 2 rings (SSSR count). The van der Waals surface area contributed by atoms with Gasteiger partial charge in [0.25, 0.3) is 0 Å². The number of likely N-dealkylation sites (N-methyl/N-ethyl adjacent to an activating group) is 1. The van der Waals surface area contributed by atoms with Crippen LogP contribution in [-0.4, -0.2) is 26.5 Å². The molecule has 86 valence electrons. The summed E-state index contributed by atoms with van der Waals surface area (Å²) in [7, 11) is 3.82. The van der Waals surface area contributed by atoms with Gasteiger partial charge in [-0.3, -0.25) is 4.79 Å². The quantitative estimate of drug-likeness (QED) is 0.820. The van der Waals surface area contributed by atoms with Crippen molar-refractivity contribution in [3.05, 3.63) is 29.8 Å². The first-order chi connectivity index (χ1) is 7.74. The Morgan fingerprint density at radius 1 is 1.44 bits per heavy atom. The van der Waals surface area contributed by atoms with Crippen LogP contribution >= 0.6 is 0 Å². The molecule has 0 fully saturated rings. The summed E-state index contributed by atoms with van der Waals surface area (Å²) in [6, 6.07) is 8.20. The number of hydrogen-bond donors (Lipinski definition) is 1. The summed E-state index contributed by atoms with van der Waals surface area (Å²) < 4.78 is 0. The maximum atomic E-state index is 11.8. The van der Waals surface area contributed by atoms with E-state index < -0.39 is 0 Å². The van der Waals surface area contributed by atoms with E-state index in [1.807, 2.05) is 32.3 Å². The third-order valence-corrected chi connectivity index (χ3v) is 3.27. The highest BCUT2D eigenvalue weighted by atomic mass is 16.2. The third kappa shape index (κ3) is 1.95. The number of benzene rings is 1. The van der Waals surface area contributed by atoms with Gasteiger partial charge in [0.15, 0.2) is 0 Å². The Labute approximate surface area is 96.5 Å². The second-order valence-electron chi connectivity index (χ2n) is 4.30. The maximum Gasteiger partial charge on any atom is 0.226 e. The number of amides is 1. The van der Waals surface area contributed by atoms with E-state index in [1.165, 1.54) is 5.56 Å². The normalized spacial score (nSPS) is 20.5. The highest BCUT2D eigenvalue weighted by molar-refractivity contribution is 5.94. The lowest BCUT2D eigenvalue weighted by molar-refractivity contribution is -0.118. The van der Waals surface area contributed by atoms with Gasteiger partial charge in [0.2, 0.25) is 5.91 Å². The molecule has 1 heterocycles. The Balaban J connectivity index is 2.41. The van der Waals surface area contributed by atoms with Crippen LogP contribution < -0.4 is 10.2 Å². The fraction of sp³-hybridized carbons (Fsp3) is 0.462. The van der Waals surface area contributed by atoms with Gasteiger partial charge < -0.3 is 10.2 Å². The molecule has 16 heavy (non-hydrogen) atoms. The van der Waals surface area contributed by atoms with Crippen LogP contribution in [0.4, 0.5) is 5.69 Å². The second kappa shape index (κ2) is 4.66.